The Morgan fingerprint density at radius 2 is 1.50 bits per heavy atom. The van der Waals surface area contributed by atoms with Crippen LogP contribution in [-0.4, -0.2) is 24.4 Å². The number of ether oxygens (including phenoxy) is 2. The second kappa shape index (κ2) is 9.31. The minimum atomic E-state index is -0.552. The van der Waals surface area contributed by atoms with Gasteiger partial charge in [0.1, 0.15) is 11.5 Å². The second-order valence-electron chi connectivity index (χ2n) is 7.13. The Morgan fingerprint density at radius 3 is 2.16 bits per heavy atom. The van der Waals surface area contributed by atoms with Gasteiger partial charge in [0.05, 0.1) is 23.4 Å². The second-order valence-corrected chi connectivity index (χ2v) is 7.13. The van der Waals surface area contributed by atoms with Crippen LogP contribution in [0.15, 0.2) is 78.9 Å². The number of nitrogens with zero attached hydrogens (tertiary/aromatic N) is 1. The van der Waals surface area contributed by atoms with Gasteiger partial charge in [-0.1, -0.05) is 37.3 Å². The Labute approximate surface area is 185 Å². The number of carbonyl (C=O) groups is 3. The van der Waals surface area contributed by atoms with Crippen molar-refractivity contribution in [3.05, 3.63) is 95.6 Å². The number of fused-ring (bicyclic) bond motifs is 1. The zero-order valence-electron chi connectivity index (χ0n) is 17.5. The molecule has 3 aromatic rings. The lowest BCUT2D eigenvalue weighted by atomic mass is 10.1. The SMILES string of the molecule is CCCOc1ccccc1/C=C/C(=O)Oc1ccc(N2C(=O)c3ccccc3C2=O)cc1. The predicted molar refractivity (Wildman–Crippen MR) is 121 cm³/mol. The van der Waals surface area contributed by atoms with E-state index in [1.165, 1.54) is 6.08 Å². The number of rotatable bonds is 7. The summed E-state index contributed by atoms with van der Waals surface area (Å²) in [6.45, 7) is 2.62. The van der Waals surface area contributed by atoms with E-state index in [4.69, 9.17) is 9.47 Å². The van der Waals surface area contributed by atoms with Crippen molar-refractivity contribution >= 4 is 29.5 Å². The molecule has 0 bridgehead atoms. The first-order valence-electron chi connectivity index (χ1n) is 10.3. The molecular formula is C26H21NO5. The van der Waals surface area contributed by atoms with E-state index in [1.54, 1.807) is 54.6 Å². The van der Waals surface area contributed by atoms with Gasteiger partial charge in [0.2, 0.25) is 0 Å². The van der Waals surface area contributed by atoms with E-state index in [9.17, 15) is 14.4 Å². The van der Waals surface area contributed by atoms with Gasteiger partial charge in [-0.05, 0) is 55.0 Å². The summed E-state index contributed by atoms with van der Waals surface area (Å²) in [7, 11) is 0. The molecule has 1 aliphatic heterocycles. The molecule has 2 amide bonds. The van der Waals surface area contributed by atoms with Crippen LogP contribution in [0.25, 0.3) is 6.08 Å². The number of amides is 2. The summed E-state index contributed by atoms with van der Waals surface area (Å²) >= 11 is 0. The molecule has 0 aromatic heterocycles. The van der Waals surface area contributed by atoms with E-state index < -0.39 is 5.97 Å². The molecule has 1 heterocycles. The van der Waals surface area contributed by atoms with Crippen LogP contribution in [0.4, 0.5) is 5.69 Å². The number of imide groups is 1. The fourth-order valence-corrected chi connectivity index (χ4v) is 3.36. The van der Waals surface area contributed by atoms with Crippen LogP contribution >= 0.6 is 0 Å². The van der Waals surface area contributed by atoms with Gasteiger partial charge in [0.25, 0.3) is 11.8 Å². The molecule has 0 saturated heterocycles. The summed E-state index contributed by atoms with van der Waals surface area (Å²) in [5, 5.41) is 0. The van der Waals surface area contributed by atoms with Gasteiger partial charge in [-0.25, -0.2) is 9.69 Å². The van der Waals surface area contributed by atoms with Crippen molar-refractivity contribution in [2.24, 2.45) is 0 Å². The van der Waals surface area contributed by atoms with Crippen LogP contribution in [0.1, 0.15) is 39.6 Å². The third-order valence-electron chi connectivity index (χ3n) is 4.89. The standard InChI is InChI=1S/C26H21NO5/c1-2-17-31-23-10-6-3-7-18(23)11-16-24(28)32-20-14-12-19(13-15-20)27-25(29)21-8-4-5-9-22(21)26(27)30/h3-16H,2,17H2,1H3/b16-11+. The summed E-state index contributed by atoms with van der Waals surface area (Å²) in [4.78, 5) is 38.5. The van der Waals surface area contributed by atoms with Gasteiger partial charge in [0.15, 0.2) is 0 Å². The fraction of sp³-hybridized carbons (Fsp3) is 0.115. The van der Waals surface area contributed by atoms with E-state index >= 15 is 0 Å². The minimum Gasteiger partial charge on any atom is -0.493 e. The number of hydrogen-bond acceptors (Lipinski definition) is 5. The van der Waals surface area contributed by atoms with Crippen molar-refractivity contribution in [3.8, 4) is 11.5 Å². The maximum absolute atomic E-state index is 12.6. The molecule has 0 N–H and O–H groups in total. The van der Waals surface area contributed by atoms with Crippen LogP contribution in [0, 0.1) is 0 Å². The molecule has 3 aromatic carbocycles. The molecule has 0 fully saturated rings. The molecule has 6 heteroatoms. The van der Waals surface area contributed by atoms with Gasteiger partial charge < -0.3 is 9.47 Å². The summed E-state index contributed by atoms with van der Waals surface area (Å²) in [6.07, 6.45) is 3.85. The Balaban J connectivity index is 1.43. The molecule has 0 aliphatic carbocycles. The van der Waals surface area contributed by atoms with Crippen molar-refractivity contribution in [1.29, 1.82) is 0 Å². The largest absolute Gasteiger partial charge is 0.493 e. The Morgan fingerprint density at radius 1 is 0.875 bits per heavy atom. The van der Waals surface area contributed by atoms with Crippen LogP contribution < -0.4 is 14.4 Å². The van der Waals surface area contributed by atoms with E-state index in [2.05, 4.69) is 0 Å². The fourth-order valence-electron chi connectivity index (χ4n) is 3.36. The van der Waals surface area contributed by atoms with Crippen LogP contribution in [-0.2, 0) is 4.79 Å². The summed E-state index contributed by atoms with van der Waals surface area (Å²) in [5.41, 5.74) is 1.94. The van der Waals surface area contributed by atoms with E-state index in [1.807, 2.05) is 31.2 Å². The first-order valence-corrected chi connectivity index (χ1v) is 10.3. The first-order chi connectivity index (χ1) is 15.6. The lowest BCUT2D eigenvalue weighted by Crippen LogP contribution is -2.29. The molecule has 0 radical (unpaired) electrons. The van der Waals surface area contributed by atoms with Crippen LogP contribution in [0.3, 0.4) is 0 Å². The average Bonchev–Trinajstić information content (AvgIpc) is 3.07. The number of para-hydroxylation sites is 1. The van der Waals surface area contributed by atoms with Gasteiger partial charge in [-0.3, -0.25) is 9.59 Å². The summed E-state index contributed by atoms with van der Waals surface area (Å²) in [5.74, 6) is -0.299. The van der Waals surface area contributed by atoms with Crippen molar-refractivity contribution in [1.82, 2.24) is 0 Å². The van der Waals surface area contributed by atoms with Crippen LogP contribution in [0.2, 0.25) is 0 Å². The Kier molecular flexibility index (Phi) is 6.12. The normalized spacial score (nSPS) is 12.8. The summed E-state index contributed by atoms with van der Waals surface area (Å²) < 4.78 is 11.0. The van der Waals surface area contributed by atoms with Gasteiger partial charge in [0, 0.05) is 11.6 Å². The highest BCUT2D eigenvalue weighted by Crippen LogP contribution is 2.29. The highest BCUT2D eigenvalue weighted by atomic mass is 16.5. The minimum absolute atomic E-state index is 0.301. The lowest BCUT2D eigenvalue weighted by Gasteiger charge is -2.14. The lowest BCUT2D eigenvalue weighted by molar-refractivity contribution is -0.128. The van der Waals surface area contributed by atoms with Crippen molar-refractivity contribution < 1.29 is 23.9 Å². The average molecular weight is 427 g/mol. The molecular weight excluding hydrogens is 406 g/mol. The Hall–Kier alpha value is -4.19. The zero-order chi connectivity index (χ0) is 22.5. The zero-order valence-corrected chi connectivity index (χ0v) is 17.5. The number of carbonyl (C=O) groups excluding carboxylic acids is 3. The maximum atomic E-state index is 12.6. The molecule has 0 spiro atoms. The maximum Gasteiger partial charge on any atom is 0.336 e. The monoisotopic (exact) mass is 427 g/mol. The molecule has 0 atom stereocenters. The van der Waals surface area contributed by atoms with E-state index in [0.717, 1.165) is 16.9 Å². The van der Waals surface area contributed by atoms with Crippen LogP contribution in [0.5, 0.6) is 11.5 Å². The number of anilines is 1. The van der Waals surface area contributed by atoms with Crippen molar-refractivity contribution in [3.63, 3.8) is 0 Å². The van der Waals surface area contributed by atoms with E-state index in [0.29, 0.717) is 34.9 Å². The number of esters is 1. The van der Waals surface area contributed by atoms with Gasteiger partial charge in [-0.2, -0.15) is 0 Å². The molecule has 0 saturated carbocycles. The highest BCUT2D eigenvalue weighted by molar-refractivity contribution is 6.34. The van der Waals surface area contributed by atoms with Crippen molar-refractivity contribution in [2.45, 2.75) is 13.3 Å². The molecule has 4 rings (SSSR count). The topological polar surface area (TPSA) is 72.9 Å². The number of benzene rings is 3. The van der Waals surface area contributed by atoms with Crippen molar-refractivity contribution in [2.75, 3.05) is 11.5 Å². The molecule has 6 nitrogen and oxygen atoms in total. The van der Waals surface area contributed by atoms with Gasteiger partial charge >= 0.3 is 5.97 Å². The highest BCUT2D eigenvalue weighted by Gasteiger charge is 2.36. The quantitative estimate of drug-likeness (QED) is 0.232. The molecule has 160 valence electrons. The predicted octanol–water partition coefficient (Wildman–Crippen LogP) is 4.89. The van der Waals surface area contributed by atoms with E-state index in [-0.39, 0.29) is 11.8 Å². The Bertz CT molecular complexity index is 1160. The first kappa shape index (κ1) is 21.1. The smallest absolute Gasteiger partial charge is 0.336 e. The van der Waals surface area contributed by atoms with Gasteiger partial charge in [-0.15, -0.1) is 0 Å². The molecule has 32 heavy (non-hydrogen) atoms. The summed E-state index contributed by atoms with van der Waals surface area (Å²) in [6, 6.07) is 20.4. The molecule has 0 unspecified atom stereocenters. The number of hydrogen-bond donors (Lipinski definition) is 0. The third-order valence-corrected chi connectivity index (χ3v) is 4.89. The third kappa shape index (κ3) is 4.30. The molecule has 1 aliphatic rings.